The van der Waals surface area contributed by atoms with E-state index >= 15 is 0 Å². The standard InChI is InChI=1S/C27H38O2/c1-3-5-7-8-9-10-12-16-23-19-20-26(29-21-15-6-4-2)25(22-23)27(28)24-17-13-11-14-18-24/h11,13-14,17-20,22H,3-10,12,15-16,21H2,1-2H3. The molecule has 2 aromatic rings. The predicted molar refractivity (Wildman–Crippen MR) is 123 cm³/mol. The molecule has 0 aromatic heterocycles. The lowest BCUT2D eigenvalue weighted by Crippen LogP contribution is -2.07. The first kappa shape index (κ1) is 23.2. The van der Waals surface area contributed by atoms with Crippen LogP contribution in [0, 0.1) is 0 Å². The summed E-state index contributed by atoms with van der Waals surface area (Å²) in [5.41, 5.74) is 2.66. The molecule has 0 spiro atoms. The maximum atomic E-state index is 13.1. The molecule has 0 radical (unpaired) electrons. The van der Waals surface area contributed by atoms with Crippen molar-refractivity contribution in [3.05, 3.63) is 65.2 Å². The van der Waals surface area contributed by atoms with Gasteiger partial charge in [0.1, 0.15) is 5.75 Å². The Labute approximate surface area is 177 Å². The van der Waals surface area contributed by atoms with Crippen molar-refractivity contribution in [2.24, 2.45) is 0 Å². The summed E-state index contributed by atoms with van der Waals surface area (Å²) in [7, 11) is 0. The van der Waals surface area contributed by atoms with Crippen molar-refractivity contribution < 1.29 is 9.53 Å². The molecule has 0 unspecified atom stereocenters. The normalized spacial score (nSPS) is 10.8. The van der Waals surface area contributed by atoms with Crippen LogP contribution in [0.4, 0.5) is 0 Å². The minimum atomic E-state index is 0.0532. The quantitative estimate of drug-likeness (QED) is 0.228. The van der Waals surface area contributed by atoms with Crippen molar-refractivity contribution in [1.29, 1.82) is 0 Å². The van der Waals surface area contributed by atoms with Gasteiger partial charge in [-0.15, -0.1) is 0 Å². The van der Waals surface area contributed by atoms with Crippen LogP contribution in [0.5, 0.6) is 5.75 Å². The highest BCUT2D eigenvalue weighted by Gasteiger charge is 2.15. The topological polar surface area (TPSA) is 26.3 Å². The number of carbonyl (C=O) groups is 1. The Bertz CT molecular complexity index is 706. The lowest BCUT2D eigenvalue weighted by molar-refractivity contribution is 0.103. The van der Waals surface area contributed by atoms with Gasteiger partial charge in [0, 0.05) is 5.56 Å². The van der Waals surface area contributed by atoms with Crippen LogP contribution in [0.3, 0.4) is 0 Å². The fourth-order valence-electron chi connectivity index (χ4n) is 3.60. The van der Waals surface area contributed by atoms with E-state index in [-0.39, 0.29) is 5.78 Å². The second-order valence-electron chi connectivity index (χ2n) is 7.95. The van der Waals surface area contributed by atoms with E-state index in [1.54, 1.807) is 0 Å². The van der Waals surface area contributed by atoms with Gasteiger partial charge in [0.2, 0.25) is 0 Å². The van der Waals surface area contributed by atoms with E-state index < -0.39 is 0 Å². The molecular weight excluding hydrogens is 356 g/mol. The first-order valence-electron chi connectivity index (χ1n) is 11.6. The van der Waals surface area contributed by atoms with E-state index in [9.17, 15) is 4.79 Å². The molecule has 29 heavy (non-hydrogen) atoms. The Kier molecular flexibility index (Phi) is 11.2. The van der Waals surface area contributed by atoms with Gasteiger partial charge in [-0.25, -0.2) is 0 Å². The molecule has 0 atom stereocenters. The van der Waals surface area contributed by atoms with Gasteiger partial charge in [0.25, 0.3) is 0 Å². The third-order valence-electron chi connectivity index (χ3n) is 5.40. The molecule has 0 aliphatic rings. The number of hydrogen-bond acceptors (Lipinski definition) is 2. The molecule has 158 valence electrons. The van der Waals surface area contributed by atoms with Crippen molar-refractivity contribution in [3.63, 3.8) is 0 Å². The molecule has 2 nitrogen and oxygen atoms in total. The number of ether oxygens (including phenoxy) is 1. The van der Waals surface area contributed by atoms with Crippen LogP contribution in [0.1, 0.15) is 99.5 Å². The monoisotopic (exact) mass is 394 g/mol. The van der Waals surface area contributed by atoms with Gasteiger partial charge in [-0.2, -0.15) is 0 Å². The zero-order valence-corrected chi connectivity index (χ0v) is 18.4. The van der Waals surface area contributed by atoms with Gasteiger partial charge < -0.3 is 4.74 Å². The maximum Gasteiger partial charge on any atom is 0.196 e. The average Bonchev–Trinajstić information content (AvgIpc) is 2.76. The maximum absolute atomic E-state index is 13.1. The van der Waals surface area contributed by atoms with Crippen molar-refractivity contribution in [3.8, 4) is 5.75 Å². The Balaban J connectivity index is 2.01. The molecular formula is C27H38O2. The molecule has 0 saturated carbocycles. The number of benzene rings is 2. The minimum absolute atomic E-state index is 0.0532. The van der Waals surface area contributed by atoms with Gasteiger partial charge in [-0.1, -0.05) is 102 Å². The van der Waals surface area contributed by atoms with Crippen LogP contribution in [0.2, 0.25) is 0 Å². The number of rotatable bonds is 15. The third-order valence-corrected chi connectivity index (χ3v) is 5.40. The predicted octanol–water partition coefficient (Wildman–Crippen LogP) is 7.78. The Morgan fingerprint density at radius 1 is 0.759 bits per heavy atom. The molecule has 0 heterocycles. The Hall–Kier alpha value is -2.09. The molecule has 0 aliphatic carbocycles. The fraction of sp³-hybridized carbons (Fsp3) is 0.519. The number of hydrogen-bond donors (Lipinski definition) is 0. The SMILES string of the molecule is CCCCCCCCCc1ccc(OCCCCC)c(C(=O)c2ccccc2)c1. The van der Waals surface area contributed by atoms with E-state index in [1.165, 1.54) is 50.5 Å². The smallest absolute Gasteiger partial charge is 0.196 e. The Morgan fingerprint density at radius 2 is 1.41 bits per heavy atom. The van der Waals surface area contributed by atoms with E-state index in [1.807, 2.05) is 36.4 Å². The first-order valence-corrected chi connectivity index (χ1v) is 11.6. The van der Waals surface area contributed by atoms with Gasteiger partial charge in [-0.3, -0.25) is 4.79 Å². The van der Waals surface area contributed by atoms with Crippen molar-refractivity contribution in [1.82, 2.24) is 0 Å². The van der Waals surface area contributed by atoms with Gasteiger partial charge >= 0.3 is 0 Å². The van der Waals surface area contributed by atoms with E-state index in [2.05, 4.69) is 26.0 Å². The van der Waals surface area contributed by atoms with E-state index in [4.69, 9.17) is 4.74 Å². The van der Waals surface area contributed by atoms with Crippen molar-refractivity contribution in [2.75, 3.05) is 6.61 Å². The fourth-order valence-corrected chi connectivity index (χ4v) is 3.60. The number of aryl methyl sites for hydroxylation is 1. The summed E-state index contributed by atoms with van der Waals surface area (Å²) in [6, 6.07) is 15.7. The van der Waals surface area contributed by atoms with Gasteiger partial charge in [-0.05, 0) is 37.0 Å². The highest BCUT2D eigenvalue weighted by Crippen LogP contribution is 2.25. The van der Waals surface area contributed by atoms with Crippen LogP contribution in [-0.4, -0.2) is 12.4 Å². The van der Waals surface area contributed by atoms with Crippen LogP contribution in [0.15, 0.2) is 48.5 Å². The molecule has 0 aliphatic heterocycles. The molecule has 0 fully saturated rings. The zero-order valence-electron chi connectivity index (χ0n) is 18.4. The van der Waals surface area contributed by atoms with Crippen LogP contribution < -0.4 is 4.74 Å². The van der Waals surface area contributed by atoms with E-state index in [0.29, 0.717) is 12.2 Å². The largest absolute Gasteiger partial charge is 0.493 e. The molecule has 2 aromatic carbocycles. The van der Waals surface area contributed by atoms with Crippen molar-refractivity contribution >= 4 is 5.78 Å². The van der Waals surface area contributed by atoms with Gasteiger partial charge in [0.05, 0.1) is 12.2 Å². The third kappa shape index (κ3) is 8.43. The molecule has 0 amide bonds. The number of carbonyl (C=O) groups excluding carboxylic acids is 1. The summed E-state index contributed by atoms with van der Waals surface area (Å²) in [5.74, 6) is 0.774. The average molecular weight is 395 g/mol. The molecule has 0 saturated heterocycles. The Morgan fingerprint density at radius 3 is 2.14 bits per heavy atom. The summed E-state index contributed by atoms with van der Waals surface area (Å²) in [5, 5.41) is 0. The molecule has 2 rings (SSSR count). The molecule has 0 N–H and O–H groups in total. The number of unbranched alkanes of at least 4 members (excludes halogenated alkanes) is 8. The van der Waals surface area contributed by atoms with Crippen LogP contribution >= 0.6 is 0 Å². The summed E-state index contributed by atoms with van der Waals surface area (Å²) in [6.45, 7) is 5.11. The summed E-state index contributed by atoms with van der Waals surface area (Å²) < 4.78 is 6.00. The number of ketones is 1. The van der Waals surface area contributed by atoms with E-state index in [0.717, 1.165) is 37.0 Å². The molecule has 0 bridgehead atoms. The molecule has 2 heteroatoms. The summed E-state index contributed by atoms with van der Waals surface area (Å²) in [6.07, 6.45) is 13.5. The second-order valence-corrected chi connectivity index (χ2v) is 7.95. The lowest BCUT2D eigenvalue weighted by Gasteiger charge is -2.13. The second kappa shape index (κ2) is 14.0. The summed E-state index contributed by atoms with van der Waals surface area (Å²) in [4.78, 5) is 13.1. The first-order chi connectivity index (χ1) is 14.3. The minimum Gasteiger partial charge on any atom is -0.493 e. The highest BCUT2D eigenvalue weighted by atomic mass is 16.5. The zero-order chi connectivity index (χ0) is 20.7. The van der Waals surface area contributed by atoms with Gasteiger partial charge in [0.15, 0.2) is 5.78 Å². The van der Waals surface area contributed by atoms with Crippen LogP contribution in [-0.2, 0) is 6.42 Å². The van der Waals surface area contributed by atoms with Crippen LogP contribution in [0.25, 0.3) is 0 Å². The van der Waals surface area contributed by atoms with Crippen molar-refractivity contribution in [2.45, 2.75) is 84.5 Å². The summed E-state index contributed by atoms with van der Waals surface area (Å²) >= 11 is 0. The lowest BCUT2D eigenvalue weighted by atomic mass is 9.97. The highest BCUT2D eigenvalue weighted by molar-refractivity contribution is 6.10.